The molecule has 7 nitrogen and oxygen atoms in total. The van der Waals surface area contributed by atoms with Gasteiger partial charge in [-0.25, -0.2) is 0 Å². The lowest BCUT2D eigenvalue weighted by atomic mass is 10.2. The Balaban J connectivity index is 1.65. The van der Waals surface area contributed by atoms with E-state index in [2.05, 4.69) is 20.5 Å². The quantitative estimate of drug-likeness (QED) is 0.861. The zero-order chi connectivity index (χ0) is 13.2. The van der Waals surface area contributed by atoms with Crippen molar-refractivity contribution in [2.45, 2.75) is 6.54 Å². The topological polar surface area (TPSA) is 75.3 Å². The van der Waals surface area contributed by atoms with Crippen molar-refractivity contribution in [2.24, 2.45) is 0 Å². The Kier molecular flexibility index (Phi) is 2.86. The van der Waals surface area contributed by atoms with Crippen LogP contribution in [0.3, 0.4) is 0 Å². The molecule has 0 saturated carbocycles. The maximum atomic E-state index is 5.33. The molecule has 2 N–H and O–H groups in total. The van der Waals surface area contributed by atoms with Crippen LogP contribution < -0.4 is 19.7 Å². The van der Waals surface area contributed by atoms with Crippen molar-refractivity contribution in [3.63, 3.8) is 0 Å². The molecule has 0 unspecified atom stereocenters. The monoisotopic (exact) mass is 261 g/mol. The average Bonchev–Trinajstić information content (AvgIpc) is 3.04. The van der Waals surface area contributed by atoms with Crippen molar-refractivity contribution in [1.82, 2.24) is 15.2 Å². The van der Waals surface area contributed by atoms with E-state index in [4.69, 9.17) is 9.47 Å². The number of hydrogen-bond acceptors (Lipinski definition) is 6. The summed E-state index contributed by atoms with van der Waals surface area (Å²) in [6.07, 6.45) is 0. The van der Waals surface area contributed by atoms with E-state index in [1.807, 2.05) is 37.2 Å². The van der Waals surface area contributed by atoms with Crippen molar-refractivity contribution >= 4 is 11.9 Å². The number of rotatable bonds is 4. The number of fused-ring (bicyclic) bond motifs is 1. The first-order valence-electron chi connectivity index (χ1n) is 5.95. The number of anilines is 2. The van der Waals surface area contributed by atoms with Gasteiger partial charge in [-0.1, -0.05) is 6.07 Å². The lowest BCUT2D eigenvalue weighted by molar-refractivity contribution is 0.174. The molecule has 1 aliphatic heterocycles. The fourth-order valence-electron chi connectivity index (χ4n) is 1.77. The molecule has 0 aliphatic carbocycles. The molecule has 0 spiro atoms. The van der Waals surface area contributed by atoms with Crippen LogP contribution in [0, 0.1) is 0 Å². The number of nitrogens with one attached hydrogen (secondary N) is 2. The maximum absolute atomic E-state index is 5.33. The highest BCUT2D eigenvalue weighted by molar-refractivity contribution is 5.45. The molecule has 0 radical (unpaired) electrons. The van der Waals surface area contributed by atoms with Crippen LogP contribution in [0.1, 0.15) is 5.56 Å². The molecule has 1 aromatic carbocycles. The zero-order valence-electron chi connectivity index (χ0n) is 10.8. The highest BCUT2D eigenvalue weighted by Crippen LogP contribution is 2.32. The van der Waals surface area contributed by atoms with Gasteiger partial charge < -0.3 is 19.7 Å². The molecule has 2 heterocycles. The minimum absolute atomic E-state index is 0.292. The largest absolute Gasteiger partial charge is 0.454 e. The zero-order valence-corrected chi connectivity index (χ0v) is 10.8. The molecule has 0 saturated heterocycles. The van der Waals surface area contributed by atoms with Gasteiger partial charge in [-0.05, 0) is 17.7 Å². The summed E-state index contributed by atoms with van der Waals surface area (Å²) in [4.78, 5) is 4.93. The maximum Gasteiger partial charge on any atom is 0.231 e. The summed E-state index contributed by atoms with van der Waals surface area (Å²) in [7, 11) is 3.81. The smallest absolute Gasteiger partial charge is 0.231 e. The number of ether oxygens (including phenoxy) is 2. The summed E-state index contributed by atoms with van der Waals surface area (Å²) in [5.74, 6) is 2.93. The molecule has 1 aliphatic rings. The first-order valence-corrected chi connectivity index (χ1v) is 5.95. The van der Waals surface area contributed by atoms with Crippen LogP contribution in [0.15, 0.2) is 18.2 Å². The Morgan fingerprint density at radius 2 is 2.11 bits per heavy atom. The van der Waals surface area contributed by atoms with Gasteiger partial charge in [0.05, 0.1) is 0 Å². The lowest BCUT2D eigenvalue weighted by Gasteiger charge is -2.06. The molecular weight excluding hydrogens is 246 g/mol. The molecule has 7 heteroatoms. The number of aromatic amines is 1. The van der Waals surface area contributed by atoms with Crippen LogP contribution in [0.4, 0.5) is 11.9 Å². The summed E-state index contributed by atoms with van der Waals surface area (Å²) in [6.45, 7) is 0.930. The Labute approximate surface area is 110 Å². The third-order valence-corrected chi connectivity index (χ3v) is 2.80. The first kappa shape index (κ1) is 11.6. The second kappa shape index (κ2) is 4.68. The van der Waals surface area contributed by atoms with Crippen molar-refractivity contribution < 1.29 is 9.47 Å². The number of H-pyrrole nitrogens is 1. The standard InChI is InChI=1S/C12H15N5O2/c1-17(2)12-14-11(15-16-12)13-6-8-3-4-9-10(5-8)19-7-18-9/h3-5H,6-7H2,1-2H3,(H2,13,14,15,16). The van der Waals surface area contributed by atoms with Crippen molar-refractivity contribution in [3.05, 3.63) is 23.8 Å². The summed E-state index contributed by atoms with van der Waals surface area (Å²) in [5.41, 5.74) is 1.09. The van der Waals surface area contributed by atoms with Crippen LogP contribution in [-0.4, -0.2) is 36.1 Å². The van der Waals surface area contributed by atoms with Crippen LogP contribution in [0.5, 0.6) is 11.5 Å². The van der Waals surface area contributed by atoms with E-state index in [9.17, 15) is 0 Å². The van der Waals surface area contributed by atoms with Gasteiger partial charge in [0.2, 0.25) is 18.7 Å². The predicted molar refractivity (Wildman–Crippen MR) is 70.6 cm³/mol. The Bertz CT molecular complexity index is 581. The van der Waals surface area contributed by atoms with Gasteiger partial charge in [-0.3, -0.25) is 4.98 Å². The highest BCUT2D eigenvalue weighted by atomic mass is 16.7. The van der Waals surface area contributed by atoms with Crippen LogP contribution in [-0.2, 0) is 6.54 Å². The second-order valence-electron chi connectivity index (χ2n) is 4.43. The fraction of sp³-hybridized carbons (Fsp3) is 0.333. The summed E-state index contributed by atoms with van der Waals surface area (Å²) in [6, 6.07) is 5.85. The van der Waals surface area contributed by atoms with Crippen LogP contribution in [0.25, 0.3) is 0 Å². The number of benzene rings is 1. The van der Waals surface area contributed by atoms with Gasteiger partial charge in [0.25, 0.3) is 0 Å². The first-order chi connectivity index (χ1) is 9.22. The van der Waals surface area contributed by atoms with Gasteiger partial charge >= 0.3 is 0 Å². The van der Waals surface area contributed by atoms with Gasteiger partial charge in [0.15, 0.2) is 11.5 Å². The predicted octanol–water partition coefficient (Wildman–Crippen LogP) is 1.21. The normalized spacial score (nSPS) is 12.5. The van der Waals surface area contributed by atoms with Crippen molar-refractivity contribution in [1.29, 1.82) is 0 Å². The average molecular weight is 261 g/mol. The molecule has 0 bridgehead atoms. The van der Waals surface area contributed by atoms with Gasteiger partial charge in [0.1, 0.15) is 0 Å². The van der Waals surface area contributed by atoms with Gasteiger partial charge in [0, 0.05) is 20.6 Å². The number of aromatic nitrogens is 3. The van der Waals surface area contributed by atoms with E-state index >= 15 is 0 Å². The third-order valence-electron chi connectivity index (χ3n) is 2.80. The van der Waals surface area contributed by atoms with Crippen molar-refractivity contribution in [2.75, 3.05) is 31.1 Å². The molecule has 19 heavy (non-hydrogen) atoms. The second-order valence-corrected chi connectivity index (χ2v) is 4.43. The van der Waals surface area contributed by atoms with Crippen molar-refractivity contribution in [3.8, 4) is 11.5 Å². The molecule has 0 fully saturated rings. The van der Waals surface area contributed by atoms with Crippen LogP contribution in [0.2, 0.25) is 0 Å². The molecule has 100 valence electrons. The number of nitrogens with zero attached hydrogens (tertiary/aromatic N) is 3. The summed E-state index contributed by atoms with van der Waals surface area (Å²) in [5, 5.41) is 11.2. The Morgan fingerprint density at radius 3 is 2.89 bits per heavy atom. The highest BCUT2D eigenvalue weighted by Gasteiger charge is 2.13. The van der Waals surface area contributed by atoms with Gasteiger partial charge in [-0.2, -0.15) is 0 Å². The Morgan fingerprint density at radius 1 is 1.26 bits per heavy atom. The molecule has 0 amide bonds. The third kappa shape index (κ3) is 2.40. The molecule has 1 aromatic heterocycles. The molecule has 2 aromatic rings. The fourth-order valence-corrected chi connectivity index (χ4v) is 1.77. The molecular formula is C12H15N5O2. The molecule has 0 atom stereocenters. The van der Waals surface area contributed by atoms with Crippen LogP contribution >= 0.6 is 0 Å². The molecule has 3 rings (SSSR count). The Hall–Kier alpha value is -2.44. The van der Waals surface area contributed by atoms with E-state index in [0.29, 0.717) is 25.2 Å². The van der Waals surface area contributed by atoms with E-state index in [-0.39, 0.29) is 0 Å². The lowest BCUT2D eigenvalue weighted by Crippen LogP contribution is -2.10. The summed E-state index contributed by atoms with van der Waals surface area (Å²) < 4.78 is 10.6. The van der Waals surface area contributed by atoms with E-state index in [1.165, 1.54) is 0 Å². The van der Waals surface area contributed by atoms with Gasteiger partial charge in [-0.15, -0.1) is 10.2 Å². The number of hydrogen-bond donors (Lipinski definition) is 2. The SMILES string of the molecule is CN(C)c1nnc(NCc2ccc3c(c2)OCO3)[nH]1. The minimum atomic E-state index is 0.292. The van der Waals surface area contributed by atoms with E-state index in [1.54, 1.807) is 0 Å². The van der Waals surface area contributed by atoms with E-state index in [0.717, 1.165) is 17.1 Å². The summed E-state index contributed by atoms with van der Waals surface area (Å²) >= 11 is 0. The van der Waals surface area contributed by atoms with E-state index < -0.39 is 0 Å². The minimum Gasteiger partial charge on any atom is -0.454 e.